The highest BCUT2D eigenvalue weighted by Crippen LogP contribution is 2.31. The molecule has 0 atom stereocenters. The van der Waals surface area contributed by atoms with Crippen LogP contribution in [0.4, 0.5) is 5.82 Å². The predicted octanol–water partition coefficient (Wildman–Crippen LogP) is 2.45. The minimum atomic E-state index is -3.50. The number of nitrogens with one attached hydrogen (secondary N) is 1. The van der Waals surface area contributed by atoms with Crippen molar-refractivity contribution in [3.8, 4) is 0 Å². The summed E-state index contributed by atoms with van der Waals surface area (Å²) in [5.41, 5.74) is 0. The second-order valence-corrected chi connectivity index (χ2v) is 7.52. The molecule has 0 aromatic carbocycles. The van der Waals surface area contributed by atoms with Gasteiger partial charge in [0.05, 0.1) is 0 Å². The van der Waals surface area contributed by atoms with E-state index in [1.54, 1.807) is 19.3 Å². The number of anilines is 1. The molecule has 0 radical (unpaired) electrons. The van der Waals surface area contributed by atoms with Crippen LogP contribution in [0.25, 0.3) is 0 Å². The lowest BCUT2D eigenvalue weighted by Crippen LogP contribution is -2.41. The van der Waals surface area contributed by atoms with Gasteiger partial charge in [0.15, 0.2) is 0 Å². The van der Waals surface area contributed by atoms with E-state index < -0.39 is 10.0 Å². The summed E-state index contributed by atoms with van der Waals surface area (Å²) >= 11 is 3.28. The summed E-state index contributed by atoms with van der Waals surface area (Å²) in [6, 6.07) is 1.73. The molecular weight excluding hydrogens is 330 g/mol. The van der Waals surface area contributed by atoms with Crippen molar-refractivity contribution < 1.29 is 8.42 Å². The Bertz CT molecular complexity index is 558. The summed E-state index contributed by atoms with van der Waals surface area (Å²) in [7, 11) is -1.85. The summed E-state index contributed by atoms with van der Waals surface area (Å²) < 4.78 is 27.4. The Morgan fingerprint density at radius 2 is 2.21 bits per heavy atom. The van der Waals surface area contributed by atoms with Crippen molar-refractivity contribution in [2.24, 2.45) is 0 Å². The molecule has 1 saturated carbocycles. The van der Waals surface area contributed by atoms with Gasteiger partial charge in [-0.1, -0.05) is 6.42 Å². The number of pyridine rings is 1. The van der Waals surface area contributed by atoms with E-state index in [4.69, 9.17) is 0 Å². The van der Waals surface area contributed by atoms with Crippen molar-refractivity contribution in [3.05, 3.63) is 16.7 Å². The van der Waals surface area contributed by atoms with Gasteiger partial charge in [0, 0.05) is 30.3 Å². The number of hydrogen-bond donors (Lipinski definition) is 1. The fourth-order valence-corrected chi connectivity index (χ4v) is 4.06. The number of hydrogen-bond acceptors (Lipinski definition) is 4. The van der Waals surface area contributed by atoms with Crippen molar-refractivity contribution in [2.75, 3.05) is 18.9 Å². The molecule has 106 valence electrons. The maximum Gasteiger partial charge on any atom is 0.246 e. The van der Waals surface area contributed by atoms with Crippen molar-refractivity contribution >= 4 is 31.8 Å². The summed E-state index contributed by atoms with van der Waals surface area (Å²) in [6.07, 6.45) is 4.57. The van der Waals surface area contributed by atoms with Crippen molar-refractivity contribution in [1.29, 1.82) is 0 Å². The van der Waals surface area contributed by atoms with Gasteiger partial charge < -0.3 is 5.32 Å². The van der Waals surface area contributed by atoms with Gasteiger partial charge in [-0.25, -0.2) is 13.4 Å². The van der Waals surface area contributed by atoms with Gasteiger partial charge in [0.25, 0.3) is 0 Å². The van der Waals surface area contributed by atoms with Gasteiger partial charge in [-0.3, -0.25) is 0 Å². The van der Waals surface area contributed by atoms with Crippen LogP contribution >= 0.6 is 15.9 Å². The SMILES string of the molecule is CCNc1ncc(Br)cc1S(=O)(=O)N(C)C1CCC1. The van der Waals surface area contributed by atoms with E-state index >= 15 is 0 Å². The molecule has 1 fully saturated rings. The molecule has 1 aromatic heterocycles. The number of halogens is 1. The molecule has 2 rings (SSSR count). The summed E-state index contributed by atoms with van der Waals surface area (Å²) in [4.78, 5) is 4.39. The van der Waals surface area contributed by atoms with E-state index in [1.165, 1.54) is 4.31 Å². The third kappa shape index (κ3) is 2.93. The molecule has 5 nitrogen and oxygen atoms in total. The van der Waals surface area contributed by atoms with Crippen LogP contribution in [0.2, 0.25) is 0 Å². The smallest absolute Gasteiger partial charge is 0.246 e. The first-order chi connectivity index (χ1) is 8.96. The molecule has 0 bridgehead atoms. The van der Waals surface area contributed by atoms with Crippen molar-refractivity contribution in [2.45, 2.75) is 37.1 Å². The van der Waals surface area contributed by atoms with Crippen LogP contribution in [0.3, 0.4) is 0 Å². The minimum Gasteiger partial charge on any atom is -0.369 e. The average Bonchev–Trinajstić information content (AvgIpc) is 2.29. The summed E-state index contributed by atoms with van der Waals surface area (Å²) in [6.45, 7) is 2.54. The lowest BCUT2D eigenvalue weighted by Gasteiger charge is -2.34. The highest BCUT2D eigenvalue weighted by atomic mass is 79.9. The largest absolute Gasteiger partial charge is 0.369 e. The Balaban J connectivity index is 2.40. The topological polar surface area (TPSA) is 62.3 Å². The van der Waals surface area contributed by atoms with Crippen LogP contribution in [0.1, 0.15) is 26.2 Å². The molecule has 0 amide bonds. The minimum absolute atomic E-state index is 0.124. The molecule has 1 N–H and O–H groups in total. The van der Waals surface area contributed by atoms with Crippen LogP contribution in [-0.4, -0.2) is 37.3 Å². The lowest BCUT2D eigenvalue weighted by atomic mass is 9.94. The van der Waals surface area contributed by atoms with Gasteiger partial charge in [0.2, 0.25) is 10.0 Å². The second kappa shape index (κ2) is 5.76. The Morgan fingerprint density at radius 3 is 2.74 bits per heavy atom. The number of sulfonamides is 1. The third-order valence-corrected chi connectivity index (χ3v) is 5.77. The zero-order chi connectivity index (χ0) is 14.0. The van der Waals surface area contributed by atoms with Gasteiger partial charge in [-0.05, 0) is 41.8 Å². The maximum absolute atomic E-state index is 12.6. The highest BCUT2D eigenvalue weighted by molar-refractivity contribution is 9.10. The molecule has 0 unspecified atom stereocenters. The van der Waals surface area contributed by atoms with Crippen LogP contribution < -0.4 is 5.32 Å². The molecule has 7 heteroatoms. The van der Waals surface area contributed by atoms with Gasteiger partial charge in [0.1, 0.15) is 10.7 Å². The van der Waals surface area contributed by atoms with Gasteiger partial charge >= 0.3 is 0 Å². The molecule has 0 spiro atoms. The quantitative estimate of drug-likeness (QED) is 0.888. The van der Waals surface area contributed by atoms with E-state index in [0.717, 1.165) is 19.3 Å². The van der Waals surface area contributed by atoms with E-state index in [2.05, 4.69) is 26.2 Å². The van der Waals surface area contributed by atoms with Crippen molar-refractivity contribution in [1.82, 2.24) is 9.29 Å². The Kier molecular flexibility index (Phi) is 4.47. The molecule has 1 heterocycles. The van der Waals surface area contributed by atoms with Crippen LogP contribution in [0.15, 0.2) is 21.6 Å². The fraction of sp³-hybridized carbons (Fsp3) is 0.583. The van der Waals surface area contributed by atoms with Gasteiger partial charge in [-0.2, -0.15) is 4.31 Å². The third-order valence-electron chi connectivity index (χ3n) is 3.41. The molecule has 1 aromatic rings. The van der Waals surface area contributed by atoms with Crippen LogP contribution in [0, 0.1) is 0 Å². The fourth-order valence-electron chi connectivity index (χ4n) is 2.02. The zero-order valence-electron chi connectivity index (χ0n) is 11.1. The van der Waals surface area contributed by atoms with Crippen LogP contribution in [-0.2, 0) is 10.0 Å². The highest BCUT2D eigenvalue weighted by Gasteiger charge is 2.33. The molecule has 1 aliphatic rings. The molecule has 0 saturated heterocycles. The lowest BCUT2D eigenvalue weighted by molar-refractivity contribution is 0.249. The molecular formula is C12H18BrN3O2S. The van der Waals surface area contributed by atoms with E-state index in [1.807, 2.05) is 6.92 Å². The average molecular weight is 348 g/mol. The first-order valence-electron chi connectivity index (χ1n) is 6.34. The van der Waals surface area contributed by atoms with E-state index in [0.29, 0.717) is 16.8 Å². The predicted molar refractivity (Wildman–Crippen MR) is 78.7 cm³/mol. The zero-order valence-corrected chi connectivity index (χ0v) is 13.5. The monoisotopic (exact) mass is 347 g/mol. The van der Waals surface area contributed by atoms with Gasteiger partial charge in [-0.15, -0.1) is 0 Å². The van der Waals surface area contributed by atoms with E-state index in [-0.39, 0.29) is 10.9 Å². The van der Waals surface area contributed by atoms with Crippen molar-refractivity contribution in [3.63, 3.8) is 0 Å². The first kappa shape index (κ1) is 14.7. The number of rotatable bonds is 5. The summed E-state index contributed by atoms with van der Waals surface area (Å²) in [5, 5.41) is 3.00. The Morgan fingerprint density at radius 1 is 1.53 bits per heavy atom. The standard InChI is InChI=1S/C12H18BrN3O2S/c1-3-14-12-11(7-9(13)8-15-12)19(17,18)16(2)10-5-4-6-10/h7-8,10H,3-6H2,1-2H3,(H,14,15). The molecule has 19 heavy (non-hydrogen) atoms. The van der Waals surface area contributed by atoms with Crippen LogP contribution in [0.5, 0.6) is 0 Å². The Labute approximate surface area is 122 Å². The molecule has 1 aliphatic carbocycles. The second-order valence-electron chi connectivity index (χ2n) is 4.64. The first-order valence-corrected chi connectivity index (χ1v) is 8.57. The normalized spacial score (nSPS) is 16.4. The number of aromatic nitrogens is 1. The molecule has 0 aliphatic heterocycles. The Hall–Kier alpha value is -0.660. The summed E-state index contributed by atoms with van der Waals surface area (Å²) in [5.74, 6) is 0.414. The maximum atomic E-state index is 12.6. The number of nitrogens with zero attached hydrogens (tertiary/aromatic N) is 2. The van der Waals surface area contributed by atoms with E-state index in [9.17, 15) is 8.42 Å².